The van der Waals surface area contributed by atoms with Gasteiger partial charge >= 0.3 is 5.76 Å². The van der Waals surface area contributed by atoms with Crippen LogP contribution in [-0.2, 0) is 13.0 Å². The Morgan fingerprint density at radius 1 is 1.14 bits per heavy atom. The number of hydrogen-bond donors (Lipinski definition) is 4. The molecule has 0 spiro atoms. The Morgan fingerprint density at radius 3 is 2.86 bits per heavy atom. The number of nitrogen functional groups attached to an aromatic ring is 1. The Balaban J connectivity index is 1.12. The monoisotopic (exact) mass is 565 g/mol. The molecule has 4 heterocycles. The van der Waals surface area contributed by atoms with Gasteiger partial charge < -0.3 is 20.8 Å². The van der Waals surface area contributed by atoms with Crippen LogP contribution in [0.15, 0.2) is 62.4 Å². The van der Waals surface area contributed by atoms with Crippen molar-refractivity contribution in [2.24, 2.45) is 0 Å². The highest BCUT2D eigenvalue weighted by molar-refractivity contribution is 5.99. The maximum absolute atomic E-state index is 13.4. The lowest BCUT2D eigenvalue weighted by Crippen LogP contribution is -2.30. The summed E-state index contributed by atoms with van der Waals surface area (Å²) >= 11 is 0. The van der Waals surface area contributed by atoms with Crippen molar-refractivity contribution in [1.29, 1.82) is 0 Å². The highest BCUT2D eigenvalue weighted by atomic mass is 16.5. The number of aromatic nitrogens is 6. The Labute approximate surface area is 235 Å². The molecule has 5 N–H and O–H groups in total. The van der Waals surface area contributed by atoms with Crippen molar-refractivity contribution >= 4 is 34.2 Å². The van der Waals surface area contributed by atoms with Gasteiger partial charge in [0.1, 0.15) is 16.9 Å². The second-order valence-electron chi connectivity index (χ2n) is 10.0. The summed E-state index contributed by atoms with van der Waals surface area (Å²) in [5.41, 5.74) is 11.5. The van der Waals surface area contributed by atoms with E-state index >= 15 is 0 Å². The van der Waals surface area contributed by atoms with E-state index in [2.05, 4.69) is 40.4 Å². The molecule has 14 heteroatoms. The highest BCUT2D eigenvalue weighted by Gasteiger charge is 2.27. The van der Waals surface area contributed by atoms with Gasteiger partial charge in [-0.2, -0.15) is 5.10 Å². The zero-order chi connectivity index (χ0) is 29.0. The Hall–Kier alpha value is -5.79. The number of anilines is 1. The molecular weight excluding hydrogens is 542 g/mol. The lowest BCUT2D eigenvalue weighted by Gasteiger charge is -2.15. The van der Waals surface area contributed by atoms with Gasteiger partial charge in [-0.1, -0.05) is 23.4 Å². The zero-order valence-electron chi connectivity index (χ0n) is 22.2. The minimum atomic E-state index is -0.630. The van der Waals surface area contributed by atoms with Crippen molar-refractivity contribution in [1.82, 2.24) is 40.4 Å². The summed E-state index contributed by atoms with van der Waals surface area (Å²) in [6, 6.07) is 12.2. The fraction of sp³-hybridized carbons (Fsp3) is 0.179. The molecule has 0 saturated carbocycles. The van der Waals surface area contributed by atoms with E-state index in [1.165, 1.54) is 16.8 Å². The summed E-state index contributed by atoms with van der Waals surface area (Å²) in [4.78, 5) is 49.3. The van der Waals surface area contributed by atoms with Gasteiger partial charge in [0.25, 0.3) is 11.8 Å². The molecule has 4 aromatic heterocycles. The average Bonchev–Trinajstić information content (AvgIpc) is 3.77. The van der Waals surface area contributed by atoms with E-state index in [9.17, 15) is 14.4 Å². The number of nitrogens with one attached hydrogen (secondary N) is 3. The number of rotatable bonds is 6. The first-order valence-corrected chi connectivity index (χ1v) is 13.1. The lowest BCUT2D eigenvalue weighted by molar-refractivity contribution is 0.0931. The van der Waals surface area contributed by atoms with Crippen LogP contribution in [0.1, 0.15) is 56.0 Å². The van der Waals surface area contributed by atoms with E-state index < -0.39 is 17.6 Å². The second kappa shape index (κ2) is 9.69. The number of aromatic amines is 1. The molecule has 0 radical (unpaired) electrons. The van der Waals surface area contributed by atoms with Crippen LogP contribution in [0.2, 0.25) is 0 Å². The van der Waals surface area contributed by atoms with Crippen LogP contribution in [0, 0.1) is 6.92 Å². The van der Waals surface area contributed by atoms with Crippen LogP contribution in [0.5, 0.6) is 0 Å². The van der Waals surface area contributed by atoms with Crippen molar-refractivity contribution in [2.75, 3.05) is 5.73 Å². The van der Waals surface area contributed by atoms with Gasteiger partial charge in [-0.15, -0.1) is 0 Å². The maximum Gasteiger partial charge on any atom is 0.439 e. The molecule has 7 rings (SSSR count). The van der Waals surface area contributed by atoms with E-state index in [0.29, 0.717) is 41.2 Å². The SMILES string of the molecule is Cc1nc2cc(CNC(=O)c3cc(C(=O)N[C@H]4CCc5cc(-c6noc(=O)[nH]6)ccc54)nc4c(N)cnn34)ccc2o1. The Bertz CT molecular complexity index is 2090. The van der Waals surface area contributed by atoms with E-state index in [-0.39, 0.29) is 35.3 Å². The highest BCUT2D eigenvalue weighted by Crippen LogP contribution is 2.33. The summed E-state index contributed by atoms with van der Waals surface area (Å²) in [7, 11) is 0. The number of carbonyl (C=O) groups excluding carboxylic acids is 2. The molecule has 0 aliphatic heterocycles. The minimum absolute atomic E-state index is 0.0320. The van der Waals surface area contributed by atoms with E-state index in [0.717, 1.165) is 16.7 Å². The number of H-pyrrole nitrogens is 1. The summed E-state index contributed by atoms with van der Waals surface area (Å²) in [6.45, 7) is 1.98. The number of fused-ring (bicyclic) bond motifs is 3. The third-order valence-corrected chi connectivity index (χ3v) is 7.22. The largest absolute Gasteiger partial charge is 0.441 e. The first kappa shape index (κ1) is 25.2. The summed E-state index contributed by atoms with van der Waals surface area (Å²) in [6.07, 6.45) is 2.76. The van der Waals surface area contributed by atoms with Gasteiger partial charge in [0.2, 0.25) is 0 Å². The van der Waals surface area contributed by atoms with E-state index in [4.69, 9.17) is 10.2 Å². The molecule has 42 heavy (non-hydrogen) atoms. The molecular formula is C28H23N9O5. The topological polar surface area (TPSA) is 199 Å². The van der Waals surface area contributed by atoms with Gasteiger partial charge in [-0.05, 0) is 47.7 Å². The molecule has 1 atom stereocenters. The van der Waals surface area contributed by atoms with Gasteiger partial charge in [0, 0.05) is 25.1 Å². The van der Waals surface area contributed by atoms with Crippen LogP contribution in [0.3, 0.4) is 0 Å². The number of oxazole rings is 1. The molecule has 6 aromatic rings. The average molecular weight is 566 g/mol. The zero-order valence-corrected chi connectivity index (χ0v) is 22.2. The van der Waals surface area contributed by atoms with Gasteiger partial charge in [0.05, 0.1) is 17.9 Å². The number of carbonyl (C=O) groups is 2. The van der Waals surface area contributed by atoms with Crippen molar-refractivity contribution < 1.29 is 18.5 Å². The molecule has 1 aliphatic carbocycles. The van der Waals surface area contributed by atoms with Crippen LogP contribution in [0.25, 0.3) is 28.1 Å². The van der Waals surface area contributed by atoms with E-state index in [1.807, 2.05) is 24.3 Å². The predicted octanol–water partition coefficient (Wildman–Crippen LogP) is 2.45. The van der Waals surface area contributed by atoms with Crippen molar-refractivity contribution in [3.8, 4) is 11.4 Å². The van der Waals surface area contributed by atoms with Crippen molar-refractivity contribution in [3.05, 3.63) is 93.2 Å². The number of nitrogens with two attached hydrogens (primary N) is 1. The fourth-order valence-electron chi connectivity index (χ4n) is 5.23. The number of amides is 2. The number of hydrogen-bond acceptors (Lipinski definition) is 10. The first-order valence-electron chi connectivity index (χ1n) is 13.1. The smallest absolute Gasteiger partial charge is 0.439 e. The van der Waals surface area contributed by atoms with Gasteiger partial charge in [-0.3, -0.25) is 19.1 Å². The third-order valence-electron chi connectivity index (χ3n) is 7.22. The standard InChI is InChI=1S/C28H23N9O5/c1-13-32-20-8-14(2-7-23(20)41-13)11-30-27(39)22-10-21(33-25-18(29)12-31-37(22)25)26(38)34-19-6-4-15-9-16(3-5-17(15)19)24-35-28(40)42-36-24/h2-3,5,7-10,12,19H,4,6,11,29H2,1H3,(H,30,39)(H,34,38)(H,35,36,40)/t19-/m0/s1. The lowest BCUT2D eigenvalue weighted by atomic mass is 10.0. The van der Waals surface area contributed by atoms with Gasteiger partial charge in [-0.25, -0.2) is 19.3 Å². The molecule has 210 valence electrons. The second-order valence-corrected chi connectivity index (χ2v) is 10.0. The maximum atomic E-state index is 13.4. The normalized spacial score (nSPS) is 14.4. The molecule has 14 nitrogen and oxygen atoms in total. The van der Waals surface area contributed by atoms with E-state index in [1.54, 1.807) is 19.1 Å². The number of aryl methyl sites for hydroxylation is 2. The summed E-state index contributed by atoms with van der Waals surface area (Å²) < 4.78 is 11.4. The Morgan fingerprint density at radius 2 is 2.02 bits per heavy atom. The quantitative estimate of drug-likeness (QED) is 0.232. The predicted molar refractivity (Wildman–Crippen MR) is 148 cm³/mol. The molecule has 2 amide bonds. The van der Waals surface area contributed by atoms with Crippen LogP contribution in [-0.4, -0.2) is 41.5 Å². The molecule has 2 aromatic carbocycles. The van der Waals surface area contributed by atoms with Crippen LogP contribution >= 0.6 is 0 Å². The molecule has 0 unspecified atom stereocenters. The third kappa shape index (κ3) is 4.44. The Kier molecular flexibility index (Phi) is 5.81. The molecule has 0 bridgehead atoms. The number of benzene rings is 2. The summed E-state index contributed by atoms with van der Waals surface area (Å²) in [5, 5.41) is 13.8. The first-order chi connectivity index (χ1) is 20.3. The molecule has 0 saturated heterocycles. The van der Waals surface area contributed by atoms with Gasteiger partial charge in [0.15, 0.2) is 22.9 Å². The summed E-state index contributed by atoms with van der Waals surface area (Å²) in [5.74, 6) is -0.648. The minimum Gasteiger partial charge on any atom is -0.441 e. The fourth-order valence-corrected chi connectivity index (χ4v) is 5.23. The molecule has 1 aliphatic rings. The van der Waals surface area contributed by atoms with Crippen LogP contribution < -0.4 is 22.1 Å². The molecule has 0 fully saturated rings. The number of nitrogens with zero attached hydrogens (tertiary/aromatic N) is 5. The van der Waals surface area contributed by atoms with Crippen molar-refractivity contribution in [3.63, 3.8) is 0 Å². The van der Waals surface area contributed by atoms with Crippen molar-refractivity contribution in [2.45, 2.75) is 32.4 Å². The van der Waals surface area contributed by atoms with Crippen LogP contribution in [0.4, 0.5) is 5.69 Å².